The monoisotopic (exact) mass is 249 g/mol. The highest BCUT2D eigenvalue weighted by Crippen LogP contribution is 2.37. The summed E-state index contributed by atoms with van der Waals surface area (Å²) in [5.41, 5.74) is 1.12. The minimum Gasteiger partial charge on any atom is -0.355 e. The Balaban J connectivity index is 2.00. The van der Waals surface area contributed by atoms with Crippen LogP contribution in [0.25, 0.3) is 0 Å². The van der Waals surface area contributed by atoms with Crippen LogP contribution in [0, 0.1) is 24.7 Å². The van der Waals surface area contributed by atoms with Gasteiger partial charge in [-0.3, -0.25) is 0 Å². The van der Waals surface area contributed by atoms with Gasteiger partial charge in [0.2, 0.25) is 5.95 Å². The fourth-order valence-corrected chi connectivity index (χ4v) is 2.73. The average Bonchev–Trinajstić information content (AvgIpc) is 3.03. The van der Waals surface area contributed by atoms with Crippen LogP contribution in [0.15, 0.2) is 6.20 Å². The predicted molar refractivity (Wildman–Crippen MR) is 76.9 cm³/mol. The lowest BCUT2D eigenvalue weighted by Gasteiger charge is -2.25. The lowest BCUT2D eigenvalue weighted by Crippen LogP contribution is -2.25. The van der Waals surface area contributed by atoms with Crippen molar-refractivity contribution in [3.8, 4) is 0 Å². The Morgan fingerprint density at radius 2 is 1.89 bits per heavy atom. The minimum absolute atomic E-state index is 0.699. The standard InChI is InChI=1S/C15H27N3/c1-10(2)14(11(3)4)8-16-15-17-12(5)9-18(15)13-6-7-13/h9-11,13-14H,6-8H2,1-5H3,(H,16,17). The topological polar surface area (TPSA) is 29.9 Å². The summed E-state index contributed by atoms with van der Waals surface area (Å²) >= 11 is 0. The molecule has 0 aliphatic heterocycles. The Morgan fingerprint density at radius 1 is 1.28 bits per heavy atom. The van der Waals surface area contributed by atoms with Gasteiger partial charge in [0.25, 0.3) is 0 Å². The molecule has 1 saturated carbocycles. The molecule has 0 unspecified atom stereocenters. The highest BCUT2D eigenvalue weighted by Gasteiger charge is 2.26. The zero-order valence-corrected chi connectivity index (χ0v) is 12.4. The summed E-state index contributed by atoms with van der Waals surface area (Å²) in [5.74, 6) is 3.20. The SMILES string of the molecule is Cc1cn(C2CC2)c(NCC(C(C)C)C(C)C)n1. The van der Waals surface area contributed by atoms with E-state index in [9.17, 15) is 0 Å². The summed E-state index contributed by atoms with van der Waals surface area (Å²) < 4.78 is 2.33. The summed E-state index contributed by atoms with van der Waals surface area (Å²) in [7, 11) is 0. The van der Waals surface area contributed by atoms with Crippen LogP contribution in [0.2, 0.25) is 0 Å². The number of hydrogen-bond acceptors (Lipinski definition) is 2. The Kier molecular flexibility index (Phi) is 3.98. The molecule has 1 N–H and O–H groups in total. The lowest BCUT2D eigenvalue weighted by molar-refractivity contribution is 0.303. The van der Waals surface area contributed by atoms with Crippen molar-refractivity contribution in [2.75, 3.05) is 11.9 Å². The molecule has 3 heteroatoms. The van der Waals surface area contributed by atoms with Crippen LogP contribution in [0.4, 0.5) is 5.95 Å². The van der Waals surface area contributed by atoms with E-state index >= 15 is 0 Å². The minimum atomic E-state index is 0.699. The van der Waals surface area contributed by atoms with Gasteiger partial charge in [0.05, 0.1) is 5.69 Å². The van der Waals surface area contributed by atoms with Gasteiger partial charge in [0.1, 0.15) is 0 Å². The summed E-state index contributed by atoms with van der Waals surface area (Å²) in [6.45, 7) is 12.3. The molecule has 2 rings (SSSR count). The van der Waals surface area contributed by atoms with Crippen molar-refractivity contribution in [1.29, 1.82) is 0 Å². The Bertz CT molecular complexity index is 380. The molecule has 0 aromatic carbocycles. The number of imidazole rings is 1. The molecule has 1 aromatic heterocycles. The number of anilines is 1. The van der Waals surface area contributed by atoms with E-state index in [4.69, 9.17) is 0 Å². The van der Waals surface area contributed by atoms with Crippen LogP contribution < -0.4 is 5.32 Å². The molecule has 0 radical (unpaired) electrons. The van der Waals surface area contributed by atoms with Crippen molar-refractivity contribution in [1.82, 2.24) is 9.55 Å². The van der Waals surface area contributed by atoms with Crippen LogP contribution in [0.3, 0.4) is 0 Å². The number of hydrogen-bond donors (Lipinski definition) is 1. The third-order valence-corrected chi connectivity index (χ3v) is 4.00. The fraction of sp³-hybridized carbons (Fsp3) is 0.800. The largest absolute Gasteiger partial charge is 0.355 e. The van der Waals surface area contributed by atoms with E-state index in [1.807, 2.05) is 0 Å². The maximum Gasteiger partial charge on any atom is 0.203 e. The molecule has 0 bridgehead atoms. The van der Waals surface area contributed by atoms with E-state index in [0.717, 1.165) is 18.2 Å². The van der Waals surface area contributed by atoms with E-state index in [0.29, 0.717) is 23.8 Å². The van der Waals surface area contributed by atoms with Crippen LogP contribution in [0.1, 0.15) is 52.3 Å². The molecule has 3 nitrogen and oxygen atoms in total. The van der Waals surface area contributed by atoms with Gasteiger partial charge in [-0.15, -0.1) is 0 Å². The number of aromatic nitrogens is 2. The fourth-order valence-electron chi connectivity index (χ4n) is 2.73. The molecule has 0 atom stereocenters. The maximum absolute atomic E-state index is 4.61. The van der Waals surface area contributed by atoms with E-state index in [2.05, 4.69) is 55.7 Å². The second-order valence-electron chi connectivity index (χ2n) is 6.38. The highest BCUT2D eigenvalue weighted by molar-refractivity contribution is 5.30. The molecule has 1 fully saturated rings. The Morgan fingerprint density at radius 3 is 2.39 bits per heavy atom. The number of rotatable bonds is 6. The Labute approximate surface area is 111 Å². The number of nitrogens with zero attached hydrogens (tertiary/aromatic N) is 2. The van der Waals surface area contributed by atoms with Gasteiger partial charge < -0.3 is 9.88 Å². The van der Waals surface area contributed by atoms with Gasteiger partial charge in [-0.05, 0) is 37.5 Å². The maximum atomic E-state index is 4.61. The van der Waals surface area contributed by atoms with Gasteiger partial charge in [-0.2, -0.15) is 0 Å². The first-order chi connectivity index (χ1) is 8.49. The third kappa shape index (κ3) is 3.06. The number of aryl methyl sites for hydroxylation is 1. The van der Waals surface area contributed by atoms with Crippen molar-refractivity contribution in [2.24, 2.45) is 17.8 Å². The summed E-state index contributed by atoms with van der Waals surface area (Å²) in [6, 6.07) is 0.699. The molecule has 18 heavy (non-hydrogen) atoms. The first-order valence-electron chi connectivity index (χ1n) is 7.28. The summed E-state index contributed by atoms with van der Waals surface area (Å²) in [5, 5.41) is 3.57. The Hall–Kier alpha value is -0.990. The number of nitrogens with one attached hydrogen (secondary N) is 1. The predicted octanol–water partition coefficient (Wildman–Crippen LogP) is 3.87. The molecule has 1 aliphatic carbocycles. The smallest absolute Gasteiger partial charge is 0.203 e. The molecule has 0 spiro atoms. The van der Waals surface area contributed by atoms with E-state index < -0.39 is 0 Å². The summed E-state index contributed by atoms with van der Waals surface area (Å²) in [4.78, 5) is 4.61. The van der Waals surface area contributed by atoms with Gasteiger partial charge in [0, 0.05) is 18.8 Å². The van der Waals surface area contributed by atoms with Gasteiger partial charge in [0.15, 0.2) is 0 Å². The molecule has 1 aromatic rings. The van der Waals surface area contributed by atoms with Crippen LogP contribution in [0.5, 0.6) is 0 Å². The molecule has 1 aliphatic rings. The summed E-state index contributed by atoms with van der Waals surface area (Å²) in [6.07, 6.45) is 4.80. The second-order valence-corrected chi connectivity index (χ2v) is 6.38. The van der Waals surface area contributed by atoms with Gasteiger partial charge in [-0.25, -0.2) is 4.98 Å². The van der Waals surface area contributed by atoms with Crippen molar-refractivity contribution in [3.05, 3.63) is 11.9 Å². The normalized spacial score (nSPS) is 16.0. The zero-order valence-electron chi connectivity index (χ0n) is 12.4. The first kappa shape index (κ1) is 13.4. The quantitative estimate of drug-likeness (QED) is 0.829. The van der Waals surface area contributed by atoms with E-state index in [1.165, 1.54) is 12.8 Å². The lowest BCUT2D eigenvalue weighted by atomic mass is 9.85. The van der Waals surface area contributed by atoms with Crippen molar-refractivity contribution in [2.45, 2.75) is 53.5 Å². The van der Waals surface area contributed by atoms with Gasteiger partial charge in [-0.1, -0.05) is 27.7 Å². The zero-order chi connectivity index (χ0) is 13.3. The van der Waals surface area contributed by atoms with E-state index in [1.54, 1.807) is 0 Å². The van der Waals surface area contributed by atoms with Crippen molar-refractivity contribution < 1.29 is 0 Å². The average molecular weight is 249 g/mol. The third-order valence-electron chi connectivity index (χ3n) is 4.00. The van der Waals surface area contributed by atoms with E-state index in [-0.39, 0.29) is 0 Å². The van der Waals surface area contributed by atoms with Crippen LogP contribution in [-0.2, 0) is 0 Å². The first-order valence-corrected chi connectivity index (χ1v) is 7.28. The molecule has 1 heterocycles. The molecule has 0 saturated heterocycles. The second kappa shape index (κ2) is 5.33. The molecule has 0 amide bonds. The van der Waals surface area contributed by atoms with Crippen molar-refractivity contribution >= 4 is 5.95 Å². The molecular weight excluding hydrogens is 222 g/mol. The van der Waals surface area contributed by atoms with Crippen molar-refractivity contribution in [3.63, 3.8) is 0 Å². The molecular formula is C15H27N3. The highest BCUT2D eigenvalue weighted by atomic mass is 15.2. The van der Waals surface area contributed by atoms with Gasteiger partial charge >= 0.3 is 0 Å². The van der Waals surface area contributed by atoms with Crippen LogP contribution in [-0.4, -0.2) is 16.1 Å². The van der Waals surface area contributed by atoms with Crippen LogP contribution >= 0.6 is 0 Å². The molecule has 102 valence electrons.